The van der Waals surface area contributed by atoms with Gasteiger partial charge in [0, 0.05) is 5.52 Å². The van der Waals surface area contributed by atoms with Gasteiger partial charge >= 0.3 is 0 Å². The molecule has 0 aliphatic rings. The molecule has 2 aromatic rings. The Labute approximate surface area is 79.8 Å². The molecule has 0 radical (unpaired) electrons. The topological polar surface area (TPSA) is 15.8 Å². The number of para-hydroxylation sites is 1. The second-order valence-corrected chi connectivity index (χ2v) is 9.56. The molecule has 1 heterocycles. The van der Waals surface area contributed by atoms with Crippen LogP contribution in [0.3, 0.4) is 0 Å². The SMILES string of the molecule is C[Si](C)(C)c1cc2ccccc2[nH]1. The van der Waals surface area contributed by atoms with Gasteiger partial charge in [0.15, 0.2) is 0 Å². The second kappa shape index (κ2) is 2.74. The molecular formula is C11H15NSi. The molecule has 0 fully saturated rings. The number of hydrogen-bond acceptors (Lipinski definition) is 0. The zero-order chi connectivity index (χ0) is 9.47. The van der Waals surface area contributed by atoms with Gasteiger partial charge in [0.25, 0.3) is 0 Å². The Hall–Kier alpha value is -1.02. The van der Waals surface area contributed by atoms with Crippen LogP contribution in [0.15, 0.2) is 30.3 Å². The van der Waals surface area contributed by atoms with Gasteiger partial charge in [0.2, 0.25) is 0 Å². The average molecular weight is 189 g/mol. The highest BCUT2D eigenvalue weighted by atomic mass is 28.3. The number of benzene rings is 1. The van der Waals surface area contributed by atoms with E-state index in [1.807, 2.05) is 0 Å². The Bertz CT molecular complexity index is 390. The molecule has 0 aliphatic heterocycles. The Kier molecular flexibility index (Phi) is 1.80. The van der Waals surface area contributed by atoms with E-state index in [2.05, 4.69) is 55.0 Å². The van der Waals surface area contributed by atoms with E-state index in [1.54, 1.807) is 0 Å². The van der Waals surface area contributed by atoms with Gasteiger partial charge in [0.1, 0.15) is 0 Å². The predicted octanol–water partition coefficient (Wildman–Crippen LogP) is 2.71. The van der Waals surface area contributed by atoms with Gasteiger partial charge in [-0.05, 0) is 22.8 Å². The molecule has 0 saturated heterocycles. The van der Waals surface area contributed by atoms with Gasteiger partial charge in [-0.15, -0.1) is 0 Å². The van der Waals surface area contributed by atoms with Crippen molar-refractivity contribution >= 4 is 24.3 Å². The molecule has 0 bridgehead atoms. The van der Waals surface area contributed by atoms with Gasteiger partial charge < -0.3 is 4.98 Å². The average Bonchev–Trinajstić information content (AvgIpc) is 2.45. The van der Waals surface area contributed by atoms with Crippen LogP contribution < -0.4 is 5.32 Å². The number of H-pyrrole nitrogens is 1. The Morgan fingerprint density at radius 3 is 2.38 bits per heavy atom. The van der Waals surface area contributed by atoms with Crippen molar-refractivity contribution in [2.24, 2.45) is 0 Å². The summed E-state index contributed by atoms with van der Waals surface area (Å²) in [5.74, 6) is 0. The van der Waals surface area contributed by atoms with Crippen molar-refractivity contribution in [2.45, 2.75) is 19.6 Å². The number of fused-ring (bicyclic) bond motifs is 1. The normalized spacial score (nSPS) is 12.2. The van der Waals surface area contributed by atoms with Gasteiger partial charge in [-0.2, -0.15) is 0 Å². The van der Waals surface area contributed by atoms with Crippen molar-refractivity contribution in [3.63, 3.8) is 0 Å². The van der Waals surface area contributed by atoms with Crippen molar-refractivity contribution in [3.05, 3.63) is 30.3 Å². The summed E-state index contributed by atoms with van der Waals surface area (Å²) in [5.41, 5.74) is 1.26. The monoisotopic (exact) mass is 189 g/mol. The molecule has 1 N–H and O–H groups in total. The van der Waals surface area contributed by atoms with Gasteiger partial charge in [-0.1, -0.05) is 37.8 Å². The summed E-state index contributed by atoms with van der Waals surface area (Å²) in [6.07, 6.45) is 0. The standard InChI is InChI=1S/C11H15NSi/c1-13(2,3)11-8-9-6-4-5-7-10(9)12-11/h4-8,12H,1-3H3. The third-order valence-corrected chi connectivity index (χ3v) is 4.22. The zero-order valence-electron chi connectivity index (χ0n) is 8.39. The zero-order valence-corrected chi connectivity index (χ0v) is 9.39. The minimum Gasteiger partial charge on any atom is -0.362 e. The summed E-state index contributed by atoms with van der Waals surface area (Å²) in [4.78, 5) is 3.50. The fourth-order valence-corrected chi connectivity index (χ4v) is 2.58. The van der Waals surface area contributed by atoms with Crippen LogP contribution in [0.4, 0.5) is 0 Å². The third kappa shape index (κ3) is 1.54. The van der Waals surface area contributed by atoms with Crippen LogP contribution >= 0.6 is 0 Å². The summed E-state index contributed by atoms with van der Waals surface area (Å²) in [7, 11) is -1.17. The van der Waals surface area contributed by atoms with Crippen LogP contribution in [0.25, 0.3) is 10.9 Å². The molecule has 1 aromatic carbocycles. The van der Waals surface area contributed by atoms with Crippen molar-refractivity contribution in [3.8, 4) is 0 Å². The Morgan fingerprint density at radius 2 is 1.77 bits per heavy atom. The van der Waals surface area contributed by atoms with E-state index in [9.17, 15) is 0 Å². The van der Waals surface area contributed by atoms with Gasteiger partial charge in [0.05, 0.1) is 8.07 Å². The first-order valence-electron chi connectivity index (χ1n) is 4.65. The molecule has 0 unspecified atom stereocenters. The predicted molar refractivity (Wildman–Crippen MR) is 61.3 cm³/mol. The minimum absolute atomic E-state index is 1.17. The van der Waals surface area contributed by atoms with E-state index in [4.69, 9.17) is 0 Å². The summed E-state index contributed by atoms with van der Waals surface area (Å²) in [5, 5.41) is 2.77. The molecule has 1 aromatic heterocycles. The van der Waals surface area contributed by atoms with Crippen molar-refractivity contribution in [1.82, 2.24) is 4.98 Å². The number of aromatic nitrogens is 1. The maximum atomic E-state index is 3.50. The van der Waals surface area contributed by atoms with Crippen LogP contribution in [-0.2, 0) is 0 Å². The maximum absolute atomic E-state index is 3.50. The molecule has 2 rings (SSSR count). The lowest BCUT2D eigenvalue weighted by atomic mass is 10.3. The molecule has 1 nitrogen and oxygen atoms in total. The Balaban J connectivity index is 2.63. The number of rotatable bonds is 1. The first-order chi connectivity index (χ1) is 6.07. The first-order valence-corrected chi connectivity index (χ1v) is 8.15. The molecule has 68 valence electrons. The molecule has 0 aliphatic carbocycles. The van der Waals surface area contributed by atoms with E-state index in [1.165, 1.54) is 16.2 Å². The second-order valence-electron chi connectivity index (χ2n) is 4.52. The molecule has 0 atom stereocenters. The highest BCUT2D eigenvalue weighted by molar-refractivity contribution is 6.88. The number of aromatic amines is 1. The fourth-order valence-electron chi connectivity index (χ4n) is 1.48. The number of nitrogens with one attached hydrogen (secondary N) is 1. The molecule has 0 spiro atoms. The smallest absolute Gasteiger partial charge is 0.0982 e. The van der Waals surface area contributed by atoms with E-state index >= 15 is 0 Å². The van der Waals surface area contributed by atoms with E-state index in [0.717, 1.165) is 0 Å². The number of hydrogen-bond donors (Lipinski definition) is 1. The fraction of sp³-hybridized carbons (Fsp3) is 0.273. The van der Waals surface area contributed by atoms with E-state index in [-0.39, 0.29) is 0 Å². The lowest BCUT2D eigenvalue weighted by Crippen LogP contribution is -2.38. The molecule has 2 heteroatoms. The molecular weight excluding hydrogens is 174 g/mol. The van der Waals surface area contributed by atoms with Crippen molar-refractivity contribution in [2.75, 3.05) is 0 Å². The lowest BCUT2D eigenvalue weighted by Gasteiger charge is -2.12. The molecule has 0 saturated carbocycles. The largest absolute Gasteiger partial charge is 0.362 e. The van der Waals surface area contributed by atoms with Crippen molar-refractivity contribution in [1.29, 1.82) is 0 Å². The minimum atomic E-state index is -1.17. The maximum Gasteiger partial charge on any atom is 0.0982 e. The third-order valence-electron chi connectivity index (χ3n) is 2.34. The van der Waals surface area contributed by atoms with Gasteiger partial charge in [-0.25, -0.2) is 0 Å². The highest BCUT2D eigenvalue weighted by Crippen LogP contribution is 2.12. The van der Waals surface area contributed by atoms with Crippen LogP contribution in [0.5, 0.6) is 0 Å². The highest BCUT2D eigenvalue weighted by Gasteiger charge is 2.18. The van der Waals surface area contributed by atoms with Crippen LogP contribution in [0, 0.1) is 0 Å². The van der Waals surface area contributed by atoms with E-state index < -0.39 is 8.07 Å². The summed E-state index contributed by atoms with van der Waals surface area (Å²) < 4.78 is 0. The summed E-state index contributed by atoms with van der Waals surface area (Å²) in [6.45, 7) is 7.08. The first kappa shape index (κ1) is 8.57. The molecule has 13 heavy (non-hydrogen) atoms. The van der Waals surface area contributed by atoms with Crippen LogP contribution in [-0.4, -0.2) is 13.1 Å². The summed E-state index contributed by atoms with van der Waals surface area (Å²) in [6, 6.07) is 10.8. The van der Waals surface area contributed by atoms with Gasteiger partial charge in [-0.3, -0.25) is 0 Å². The Morgan fingerprint density at radius 1 is 1.08 bits per heavy atom. The van der Waals surface area contributed by atoms with Crippen molar-refractivity contribution < 1.29 is 0 Å². The molecule has 0 amide bonds. The van der Waals surface area contributed by atoms with Crippen LogP contribution in [0.2, 0.25) is 19.6 Å². The summed E-state index contributed by atoms with van der Waals surface area (Å²) >= 11 is 0. The quantitative estimate of drug-likeness (QED) is 0.664. The van der Waals surface area contributed by atoms with Crippen LogP contribution in [0.1, 0.15) is 0 Å². The van der Waals surface area contributed by atoms with E-state index in [0.29, 0.717) is 0 Å². The lowest BCUT2D eigenvalue weighted by molar-refractivity contribution is 1.50.